The van der Waals surface area contributed by atoms with Gasteiger partial charge in [0.05, 0.1) is 19.4 Å². The van der Waals surface area contributed by atoms with Gasteiger partial charge in [-0.15, -0.1) is 0 Å². The van der Waals surface area contributed by atoms with E-state index < -0.39 is 7.26 Å². The second kappa shape index (κ2) is 8.34. The van der Waals surface area contributed by atoms with Crippen molar-refractivity contribution in [2.24, 2.45) is 0 Å². The first-order chi connectivity index (χ1) is 11.4. The summed E-state index contributed by atoms with van der Waals surface area (Å²) in [6, 6.07) is 3.99. The van der Waals surface area contributed by atoms with E-state index in [-0.39, 0.29) is 11.6 Å². The van der Waals surface area contributed by atoms with Gasteiger partial charge < -0.3 is 10.1 Å². The molecular weight excluding hydrogens is 317 g/mol. The molecule has 1 fully saturated rings. The molecule has 1 aliphatic heterocycles. The minimum Gasteiger partial charge on any atom is -0.497 e. The summed E-state index contributed by atoms with van der Waals surface area (Å²) in [5, 5.41) is 3.27. The lowest BCUT2D eigenvalue weighted by Crippen LogP contribution is -2.34. The summed E-state index contributed by atoms with van der Waals surface area (Å²) in [5.74, 6) is 1.09. The van der Waals surface area contributed by atoms with Gasteiger partial charge in [-0.2, -0.15) is 0 Å². The van der Waals surface area contributed by atoms with Crippen LogP contribution in [0.5, 0.6) is 5.75 Å². The molecule has 1 amide bonds. The molecule has 1 heterocycles. The third-order valence-corrected chi connectivity index (χ3v) is 10.1. The Morgan fingerprint density at radius 1 is 1.21 bits per heavy atom. The zero-order valence-corrected chi connectivity index (χ0v) is 16.8. The fourth-order valence-corrected chi connectivity index (χ4v) is 8.24. The van der Waals surface area contributed by atoms with E-state index in [0.717, 1.165) is 35.4 Å². The number of amides is 1. The maximum absolute atomic E-state index is 13.2. The molecule has 1 saturated heterocycles. The predicted molar refractivity (Wildman–Crippen MR) is 106 cm³/mol. The van der Waals surface area contributed by atoms with E-state index >= 15 is 0 Å². The van der Waals surface area contributed by atoms with E-state index in [2.05, 4.69) is 18.9 Å². The Labute approximate surface area is 147 Å². The van der Waals surface area contributed by atoms with Crippen molar-refractivity contribution in [3.63, 3.8) is 0 Å². The van der Waals surface area contributed by atoms with Crippen LogP contribution in [0, 0.1) is 13.8 Å². The Bertz CT molecular complexity index is 556. The Morgan fingerprint density at radius 3 is 2.29 bits per heavy atom. The molecule has 0 spiro atoms. The van der Waals surface area contributed by atoms with Crippen LogP contribution in [0.4, 0.5) is 5.69 Å². The van der Waals surface area contributed by atoms with Gasteiger partial charge in [0.2, 0.25) is 0 Å². The van der Waals surface area contributed by atoms with Crippen LogP contribution in [0.1, 0.15) is 50.2 Å². The molecule has 1 aliphatic rings. The molecule has 0 saturated carbocycles. The molecule has 1 N–H and O–H groups in total. The zero-order valence-electron chi connectivity index (χ0n) is 15.9. The maximum atomic E-state index is 13.2. The Morgan fingerprint density at radius 2 is 1.79 bits per heavy atom. The number of aryl methyl sites for hydroxylation is 2. The Kier molecular flexibility index (Phi) is 6.69. The summed E-state index contributed by atoms with van der Waals surface area (Å²) in [6.07, 6.45) is 8.61. The lowest BCUT2D eigenvalue weighted by atomic mass is 10.1. The number of benzene rings is 1. The molecule has 1 atom stereocenters. The molecule has 4 heteroatoms. The highest BCUT2D eigenvalue weighted by molar-refractivity contribution is 7.76. The Hall–Kier alpha value is -1.08. The number of hydrogen-bond acceptors (Lipinski definition) is 2. The lowest BCUT2D eigenvalue weighted by Gasteiger charge is -2.34. The molecule has 3 nitrogen and oxygen atoms in total. The fraction of sp³-hybridized carbons (Fsp3) is 0.650. The lowest BCUT2D eigenvalue weighted by molar-refractivity contribution is -0.116. The molecule has 24 heavy (non-hydrogen) atoms. The van der Waals surface area contributed by atoms with Gasteiger partial charge in [-0.25, -0.2) is 0 Å². The first-order valence-electron chi connectivity index (χ1n) is 9.21. The summed E-state index contributed by atoms with van der Waals surface area (Å²) < 4.78 is 5.33. The normalized spacial score (nSPS) is 18.0. The second-order valence-corrected chi connectivity index (χ2v) is 11.9. The van der Waals surface area contributed by atoms with Crippen LogP contribution in [-0.2, 0) is 4.79 Å². The van der Waals surface area contributed by atoms with Crippen LogP contribution < -0.4 is 10.1 Å². The molecule has 2 rings (SSSR count). The molecule has 0 aromatic heterocycles. The fourth-order valence-electron chi connectivity index (χ4n) is 3.99. The smallest absolute Gasteiger partial charge is 0.265 e. The molecule has 1 aromatic carbocycles. The second-order valence-electron chi connectivity index (χ2n) is 7.42. The number of nitrogens with one attached hydrogen (secondary N) is 1. The third-order valence-electron chi connectivity index (χ3n) is 5.45. The number of carbonyl (C=O) groups is 1. The highest BCUT2D eigenvalue weighted by Crippen LogP contribution is 2.64. The van der Waals surface area contributed by atoms with Crippen molar-refractivity contribution in [2.45, 2.75) is 58.5 Å². The van der Waals surface area contributed by atoms with Crippen molar-refractivity contribution < 1.29 is 9.53 Å². The minimum absolute atomic E-state index is 0.212. The van der Waals surface area contributed by atoms with Gasteiger partial charge >= 0.3 is 0 Å². The average molecular weight is 350 g/mol. The standard InChI is InChI=1S/C20H32NO2P/c1-6-10-18(24(5)11-8-7-9-12-24)20(22)21-19-15(2)13-17(23-4)14-16(19)3/h13-14,18H,6-12H2,1-5H3/p+1. The SMILES string of the molecule is CCCC(C(=O)Nc1c(C)cc(OC)cc1C)[P+]1(C)CCCCC1. The van der Waals surface area contributed by atoms with Crippen LogP contribution >= 0.6 is 7.26 Å². The molecule has 0 bridgehead atoms. The van der Waals surface area contributed by atoms with Gasteiger partial charge in [-0.1, -0.05) is 13.3 Å². The van der Waals surface area contributed by atoms with Gasteiger partial charge in [0, 0.05) is 19.6 Å². The molecule has 1 aromatic rings. The van der Waals surface area contributed by atoms with Crippen LogP contribution in [0.2, 0.25) is 0 Å². The van der Waals surface area contributed by atoms with E-state index in [0.29, 0.717) is 0 Å². The quantitative estimate of drug-likeness (QED) is 0.712. The molecule has 0 radical (unpaired) electrons. The van der Waals surface area contributed by atoms with Crippen LogP contribution in [0.15, 0.2) is 12.1 Å². The van der Waals surface area contributed by atoms with Crippen LogP contribution in [0.3, 0.4) is 0 Å². The highest BCUT2D eigenvalue weighted by Gasteiger charge is 2.45. The number of ether oxygens (including phenoxy) is 1. The first-order valence-corrected chi connectivity index (χ1v) is 11.9. The number of anilines is 1. The predicted octanol–water partition coefficient (Wildman–Crippen LogP) is 5.25. The van der Waals surface area contributed by atoms with E-state index in [1.165, 1.54) is 31.6 Å². The van der Waals surface area contributed by atoms with E-state index in [9.17, 15) is 4.79 Å². The average Bonchev–Trinajstić information content (AvgIpc) is 2.56. The van der Waals surface area contributed by atoms with Crippen molar-refractivity contribution in [3.8, 4) is 5.75 Å². The zero-order chi connectivity index (χ0) is 17.7. The number of methoxy groups -OCH3 is 1. The van der Waals surface area contributed by atoms with Crippen molar-refractivity contribution in [1.82, 2.24) is 0 Å². The summed E-state index contributed by atoms with van der Waals surface area (Å²) in [5.41, 5.74) is 3.32. The van der Waals surface area contributed by atoms with Gasteiger partial charge in [0.25, 0.3) is 5.91 Å². The van der Waals surface area contributed by atoms with Crippen molar-refractivity contribution in [3.05, 3.63) is 23.3 Å². The van der Waals surface area contributed by atoms with Crippen LogP contribution in [0.25, 0.3) is 0 Å². The topological polar surface area (TPSA) is 38.3 Å². The van der Waals surface area contributed by atoms with E-state index in [4.69, 9.17) is 4.74 Å². The number of rotatable bonds is 6. The van der Waals surface area contributed by atoms with Crippen LogP contribution in [-0.4, -0.2) is 37.7 Å². The number of carbonyl (C=O) groups excluding carboxylic acids is 1. The van der Waals surface area contributed by atoms with Crippen molar-refractivity contribution in [1.29, 1.82) is 0 Å². The summed E-state index contributed by atoms with van der Waals surface area (Å²) >= 11 is 0. The molecule has 1 unspecified atom stereocenters. The summed E-state index contributed by atoms with van der Waals surface area (Å²) in [7, 11) is 0.513. The van der Waals surface area contributed by atoms with Crippen molar-refractivity contribution >= 4 is 18.9 Å². The van der Waals surface area contributed by atoms with Gasteiger partial charge in [-0.3, -0.25) is 4.79 Å². The summed E-state index contributed by atoms with van der Waals surface area (Å²) in [4.78, 5) is 13.2. The van der Waals surface area contributed by atoms with E-state index in [1.54, 1.807) is 7.11 Å². The first kappa shape index (κ1) is 19.2. The van der Waals surface area contributed by atoms with Crippen molar-refractivity contribution in [2.75, 3.05) is 31.4 Å². The van der Waals surface area contributed by atoms with Gasteiger partial charge in [-0.05, 0) is 62.8 Å². The summed E-state index contributed by atoms with van der Waals surface area (Å²) in [6.45, 7) is 8.70. The molecule has 134 valence electrons. The van der Waals surface area contributed by atoms with E-state index in [1.807, 2.05) is 26.0 Å². The third kappa shape index (κ3) is 4.30. The van der Waals surface area contributed by atoms with Gasteiger partial charge in [0.1, 0.15) is 11.4 Å². The molecular formula is C20H33NO2P+. The number of hydrogen-bond donors (Lipinski definition) is 1. The largest absolute Gasteiger partial charge is 0.497 e. The minimum atomic E-state index is -1.17. The monoisotopic (exact) mass is 350 g/mol. The van der Waals surface area contributed by atoms with Gasteiger partial charge in [0.15, 0.2) is 0 Å². The Balaban J connectivity index is 2.22. The maximum Gasteiger partial charge on any atom is 0.265 e. The highest BCUT2D eigenvalue weighted by atomic mass is 31.2. The molecule has 0 aliphatic carbocycles.